The van der Waals surface area contributed by atoms with Gasteiger partial charge in [-0.25, -0.2) is 0 Å². The Hall–Kier alpha value is -1.86. The molecular formula is C29H28Cl2N4S4. The molecule has 39 heavy (non-hydrogen) atoms. The van der Waals surface area contributed by atoms with E-state index in [1.54, 1.807) is 29.6 Å². The van der Waals surface area contributed by atoms with Crippen LogP contribution in [-0.2, 0) is 6.42 Å². The van der Waals surface area contributed by atoms with Crippen LogP contribution in [0.4, 0.5) is 5.69 Å². The molecule has 4 nitrogen and oxygen atoms in total. The Kier molecular flexibility index (Phi) is 11.3. The number of anilines is 1. The van der Waals surface area contributed by atoms with Crippen LogP contribution in [0, 0.1) is 11.3 Å². The zero-order valence-corrected chi connectivity index (χ0v) is 26.4. The van der Waals surface area contributed by atoms with Crippen LogP contribution in [0.3, 0.4) is 0 Å². The molecule has 4 rings (SSSR count). The van der Waals surface area contributed by atoms with Crippen LogP contribution in [0.25, 0.3) is 0 Å². The van der Waals surface area contributed by atoms with E-state index in [0.29, 0.717) is 33.7 Å². The fourth-order valence-corrected chi connectivity index (χ4v) is 7.22. The molecule has 1 atom stereocenters. The van der Waals surface area contributed by atoms with Crippen molar-refractivity contribution in [3.05, 3.63) is 87.4 Å². The second kappa shape index (κ2) is 14.7. The zero-order chi connectivity index (χ0) is 27.8. The summed E-state index contributed by atoms with van der Waals surface area (Å²) in [5.41, 5.74) is 3.69. The third-order valence-electron chi connectivity index (χ3n) is 6.16. The minimum absolute atomic E-state index is 0.107. The summed E-state index contributed by atoms with van der Waals surface area (Å²) in [6, 6.07) is 22.4. The van der Waals surface area contributed by atoms with Gasteiger partial charge in [0.15, 0.2) is 10.3 Å². The summed E-state index contributed by atoms with van der Waals surface area (Å²) in [7, 11) is 0. The van der Waals surface area contributed by atoms with Crippen LogP contribution < -0.4 is 5.32 Å². The second-order valence-corrected chi connectivity index (χ2v) is 13.2. The van der Waals surface area contributed by atoms with E-state index < -0.39 is 0 Å². The number of halogens is 2. The Morgan fingerprint density at radius 1 is 1.21 bits per heavy atom. The standard InChI is InChI=1S/C29H28Cl2N4S4/c1-3-38-25-9-7-19(8-10-25)22(13-20-15-27(37-2)21(17-32)14-26(20)31)18-33-29-35(11-12-39-29)28(36)34-24-6-4-5-23(30)16-24/h4-10,14-16,22H,3,11-13,18H2,1-2H3,(H,34,36). The first kappa shape index (κ1) is 30.1. The SMILES string of the molecule is CCSc1ccc(C(CN=C2SCCN2C(=S)Nc2cccc(Cl)c2)Cc2cc(SC)c(C#N)cc2Cl)cc1. The van der Waals surface area contributed by atoms with Gasteiger partial charge >= 0.3 is 0 Å². The molecule has 1 aliphatic rings. The van der Waals surface area contributed by atoms with Gasteiger partial charge in [-0.15, -0.1) is 23.5 Å². The molecular weight excluding hydrogens is 604 g/mol. The number of nitrogens with zero attached hydrogens (tertiary/aromatic N) is 3. The van der Waals surface area contributed by atoms with Crippen LogP contribution in [-0.4, -0.2) is 46.0 Å². The molecule has 202 valence electrons. The van der Waals surface area contributed by atoms with Crippen molar-refractivity contribution >= 4 is 86.7 Å². The average molecular weight is 632 g/mol. The molecule has 1 heterocycles. The molecule has 0 spiro atoms. The van der Waals surface area contributed by atoms with E-state index in [2.05, 4.69) is 47.5 Å². The van der Waals surface area contributed by atoms with Gasteiger partial charge < -0.3 is 5.32 Å². The first-order chi connectivity index (χ1) is 18.9. The van der Waals surface area contributed by atoms with E-state index in [0.717, 1.165) is 39.4 Å². The van der Waals surface area contributed by atoms with Crippen molar-refractivity contribution in [1.29, 1.82) is 5.26 Å². The molecule has 1 unspecified atom stereocenters. The highest BCUT2D eigenvalue weighted by Crippen LogP contribution is 2.33. The van der Waals surface area contributed by atoms with Crippen LogP contribution in [0.2, 0.25) is 10.0 Å². The lowest BCUT2D eigenvalue weighted by atomic mass is 9.91. The van der Waals surface area contributed by atoms with Crippen molar-refractivity contribution in [3.8, 4) is 6.07 Å². The van der Waals surface area contributed by atoms with Crippen LogP contribution in [0.1, 0.15) is 29.5 Å². The van der Waals surface area contributed by atoms with Gasteiger partial charge in [0, 0.05) is 50.3 Å². The Balaban J connectivity index is 1.58. The van der Waals surface area contributed by atoms with E-state index in [9.17, 15) is 5.26 Å². The van der Waals surface area contributed by atoms with Gasteiger partial charge in [0.2, 0.25) is 0 Å². The van der Waals surface area contributed by atoms with Crippen LogP contribution >= 0.6 is 70.7 Å². The van der Waals surface area contributed by atoms with Gasteiger partial charge in [-0.1, -0.05) is 60.1 Å². The number of benzene rings is 3. The first-order valence-corrected chi connectivity index (χ1v) is 16.8. The number of thioether (sulfide) groups is 3. The number of aliphatic imine (C=N–C) groups is 1. The fraction of sp³-hybridized carbons (Fsp3) is 0.276. The summed E-state index contributed by atoms with van der Waals surface area (Å²) in [5.74, 6) is 2.06. The lowest BCUT2D eigenvalue weighted by Gasteiger charge is -2.22. The minimum atomic E-state index is 0.107. The maximum atomic E-state index is 9.51. The van der Waals surface area contributed by atoms with Gasteiger partial charge in [-0.2, -0.15) is 5.26 Å². The smallest absolute Gasteiger partial charge is 0.179 e. The average Bonchev–Trinajstić information content (AvgIpc) is 3.41. The predicted octanol–water partition coefficient (Wildman–Crippen LogP) is 8.83. The number of rotatable bonds is 9. The summed E-state index contributed by atoms with van der Waals surface area (Å²) in [5, 5.41) is 15.6. The van der Waals surface area contributed by atoms with Crippen molar-refractivity contribution in [3.63, 3.8) is 0 Å². The molecule has 3 aromatic carbocycles. The van der Waals surface area contributed by atoms with E-state index >= 15 is 0 Å². The highest BCUT2D eigenvalue weighted by Gasteiger charge is 2.24. The summed E-state index contributed by atoms with van der Waals surface area (Å²) in [6.45, 7) is 3.54. The Morgan fingerprint density at radius 3 is 2.69 bits per heavy atom. The van der Waals surface area contributed by atoms with Crippen molar-refractivity contribution in [2.45, 2.75) is 29.1 Å². The monoisotopic (exact) mass is 630 g/mol. The van der Waals surface area contributed by atoms with Gasteiger partial charge in [0.1, 0.15) is 6.07 Å². The maximum Gasteiger partial charge on any atom is 0.179 e. The van der Waals surface area contributed by atoms with E-state index in [1.165, 1.54) is 10.5 Å². The van der Waals surface area contributed by atoms with Gasteiger partial charge in [-0.05, 0) is 84.2 Å². The van der Waals surface area contributed by atoms with E-state index in [-0.39, 0.29) is 5.92 Å². The van der Waals surface area contributed by atoms with Crippen LogP contribution in [0.15, 0.2) is 75.4 Å². The maximum absolute atomic E-state index is 9.51. The molecule has 3 aromatic rings. The largest absolute Gasteiger partial charge is 0.332 e. The minimum Gasteiger partial charge on any atom is -0.332 e. The number of hydrogen-bond acceptors (Lipinski definition) is 6. The summed E-state index contributed by atoms with van der Waals surface area (Å²) < 4.78 is 0. The molecule has 0 aromatic heterocycles. The zero-order valence-electron chi connectivity index (χ0n) is 21.6. The second-order valence-electron chi connectivity index (χ2n) is 8.72. The normalized spacial score (nSPS) is 14.8. The number of nitriles is 1. The van der Waals surface area contributed by atoms with E-state index in [1.807, 2.05) is 48.3 Å². The quantitative estimate of drug-likeness (QED) is 0.187. The highest BCUT2D eigenvalue weighted by atomic mass is 35.5. The predicted molar refractivity (Wildman–Crippen MR) is 176 cm³/mol. The fourth-order valence-electron chi connectivity index (χ4n) is 4.23. The van der Waals surface area contributed by atoms with Gasteiger partial charge in [0.05, 0.1) is 5.56 Å². The lowest BCUT2D eigenvalue weighted by molar-refractivity contribution is 0.659. The number of hydrogen-bond donors (Lipinski definition) is 1. The number of nitrogens with one attached hydrogen (secondary N) is 1. The molecule has 0 bridgehead atoms. The van der Waals surface area contributed by atoms with E-state index in [4.69, 9.17) is 40.4 Å². The molecule has 0 aliphatic carbocycles. The molecule has 0 saturated carbocycles. The summed E-state index contributed by atoms with van der Waals surface area (Å²) in [4.78, 5) is 9.31. The van der Waals surface area contributed by atoms with Crippen molar-refractivity contribution < 1.29 is 0 Å². The summed E-state index contributed by atoms with van der Waals surface area (Å²) in [6.07, 6.45) is 2.69. The Labute approximate surface area is 258 Å². The lowest BCUT2D eigenvalue weighted by Crippen LogP contribution is -2.35. The third kappa shape index (κ3) is 8.09. The third-order valence-corrected chi connectivity index (χ3v) is 9.74. The number of amidine groups is 1. The van der Waals surface area contributed by atoms with Crippen molar-refractivity contribution in [1.82, 2.24) is 4.90 Å². The topological polar surface area (TPSA) is 51.4 Å². The molecule has 1 saturated heterocycles. The molecule has 10 heteroatoms. The number of thiocarbonyl (C=S) groups is 1. The Bertz CT molecular complexity index is 1390. The van der Waals surface area contributed by atoms with Crippen LogP contribution in [0.5, 0.6) is 0 Å². The van der Waals surface area contributed by atoms with Crippen molar-refractivity contribution in [2.75, 3.05) is 36.2 Å². The summed E-state index contributed by atoms with van der Waals surface area (Å²) >= 11 is 23.6. The molecule has 1 aliphatic heterocycles. The Morgan fingerprint density at radius 2 is 2.00 bits per heavy atom. The first-order valence-electron chi connectivity index (χ1n) is 12.4. The van der Waals surface area contributed by atoms with Gasteiger partial charge in [-0.3, -0.25) is 9.89 Å². The molecule has 1 fully saturated rings. The van der Waals surface area contributed by atoms with Crippen molar-refractivity contribution in [2.24, 2.45) is 4.99 Å². The van der Waals surface area contributed by atoms with Gasteiger partial charge in [0.25, 0.3) is 0 Å². The molecule has 0 amide bonds. The highest BCUT2D eigenvalue weighted by molar-refractivity contribution is 8.14. The molecule has 1 N–H and O–H groups in total. The molecule has 0 radical (unpaired) electrons.